The van der Waals surface area contributed by atoms with Gasteiger partial charge < -0.3 is 26.2 Å². The quantitative estimate of drug-likeness (QED) is 0.329. The SMILES string of the molecule is NC1=NC(C(O)C(O)C(O)CO)C=N1. The molecule has 14 heavy (non-hydrogen) atoms. The van der Waals surface area contributed by atoms with Crippen molar-refractivity contribution in [3.63, 3.8) is 0 Å². The maximum atomic E-state index is 9.46. The van der Waals surface area contributed by atoms with Crippen LogP contribution in [0.15, 0.2) is 9.98 Å². The van der Waals surface area contributed by atoms with Crippen LogP contribution in [0.2, 0.25) is 0 Å². The molecule has 0 radical (unpaired) electrons. The van der Waals surface area contributed by atoms with Crippen molar-refractivity contribution in [1.82, 2.24) is 0 Å². The zero-order valence-electron chi connectivity index (χ0n) is 7.35. The average molecular weight is 203 g/mol. The number of hydrogen-bond donors (Lipinski definition) is 5. The summed E-state index contributed by atoms with van der Waals surface area (Å²) in [5, 5.41) is 36.3. The van der Waals surface area contributed by atoms with Gasteiger partial charge >= 0.3 is 0 Å². The second-order valence-corrected chi connectivity index (χ2v) is 2.99. The third-order valence-electron chi connectivity index (χ3n) is 1.92. The highest BCUT2D eigenvalue weighted by Gasteiger charge is 2.31. The number of nitrogens with zero attached hydrogens (tertiary/aromatic N) is 2. The first-order chi connectivity index (χ1) is 6.56. The highest BCUT2D eigenvalue weighted by atomic mass is 16.4. The maximum Gasteiger partial charge on any atom is 0.215 e. The van der Waals surface area contributed by atoms with Gasteiger partial charge in [0.25, 0.3) is 0 Å². The van der Waals surface area contributed by atoms with Gasteiger partial charge in [-0.1, -0.05) is 0 Å². The van der Waals surface area contributed by atoms with Gasteiger partial charge in [0.2, 0.25) is 5.96 Å². The number of aliphatic imine (C=N–C) groups is 2. The van der Waals surface area contributed by atoms with E-state index in [-0.39, 0.29) is 5.96 Å². The molecule has 4 atom stereocenters. The van der Waals surface area contributed by atoms with Crippen molar-refractivity contribution in [2.75, 3.05) is 6.61 Å². The topological polar surface area (TPSA) is 132 Å². The van der Waals surface area contributed by atoms with Crippen molar-refractivity contribution in [3.8, 4) is 0 Å². The van der Waals surface area contributed by atoms with E-state index in [0.29, 0.717) is 0 Å². The Labute approximate surface area is 80.2 Å². The Morgan fingerprint density at radius 1 is 1.43 bits per heavy atom. The molecule has 0 saturated heterocycles. The molecule has 0 fully saturated rings. The Bertz CT molecular complexity index is 255. The highest BCUT2D eigenvalue weighted by Crippen LogP contribution is 2.09. The van der Waals surface area contributed by atoms with Gasteiger partial charge in [-0.05, 0) is 0 Å². The van der Waals surface area contributed by atoms with E-state index < -0.39 is 31.0 Å². The molecule has 6 N–H and O–H groups in total. The molecule has 0 spiro atoms. The summed E-state index contributed by atoms with van der Waals surface area (Å²) < 4.78 is 0. The van der Waals surface area contributed by atoms with Crippen molar-refractivity contribution in [2.45, 2.75) is 24.4 Å². The standard InChI is InChI=1S/C7H13N3O4/c8-7-9-1-3(10-7)5(13)6(14)4(12)2-11/h1,3-6,11-14H,2H2,(H2,8,10). The van der Waals surface area contributed by atoms with Crippen molar-refractivity contribution >= 4 is 12.2 Å². The maximum absolute atomic E-state index is 9.46. The van der Waals surface area contributed by atoms with Crippen molar-refractivity contribution < 1.29 is 20.4 Å². The van der Waals surface area contributed by atoms with E-state index in [9.17, 15) is 10.2 Å². The van der Waals surface area contributed by atoms with E-state index >= 15 is 0 Å². The smallest absolute Gasteiger partial charge is 0.215 e. The van der Waals surface area contributed by atoms with Crippen LogP contribution in [0.1, 0.15) is 0 Å². The normalized spacial score (nSPS) is 27.1. The van der Waals surface area contributed by atoms with E-state index in [4.69, 9.17) is 15.9 Å². The van der Waals surface area contributed by atoms with Gasteiger partial charge in [0.05, 0.1) is 6.61 Å². The van der Waals surface area contributed by atoms with E-state index in [1.807, 2.05) is 0 Å². The molecule has 1 rings (SSSR count). The van der Waals surface area contributed by atoms with Crippen LogP contribution in [0, 0.1) is 0 Å². The van der Waals surface area contributed by atoms with Crippen LogP contribution in [0.5, 0.6) is 0 Å². The second kappa shape index (κ2) is 4.47. The van der Waals surface area contributed by atoms with Crippen LogP contribution in [-0.4, -0.2) is 63.6 Å². The van der Waals surface area contributed by atoms with Gasteiger partial charge in [0, 0.05) is 6.21 Å². The minimum atomic E-state index is -1.48. The van der Waals surface area contributed by atoms with Crippen LogP contribution >= 0.6 is 0 Å². The molecule has 0 bridgehead atoms. The first-order valence-corrected chi connectivity index (χ1v) is 4.08. The second-order valence-electron chi connectivity index (χ2n) is 2.99. The summed E-state index contributed by atoms with van der Waals surface area (Å²) in [6.45, 7) is -0.638. The van der Waals surface area contributed by atoms with Crippen LogP contribution in [0.25, 0.3) is 0 Å². The molecule has 1 aliphatic heterocycles. The molecule has 0 aromatic heterocycles. The highest BCUT2D eigenvalue weighted by molar-refractivity contribution is 5.93. The van der Waals surface area contributed by atoms with Crippen LogP contribution in [0.4, 0.5) is 0 Å². The number of rotatable bonds is 4. The van der Waals surface area contributed by atoms with Gasteiger partial charge in [0.15, 0.2) is 0 Å². The van der Waals surface area contributed by atoms with Gasteiger partial charge in [-0.2, -0.15) is 0 Å². The van der Waals surface area contributed by atoms with Gasteiger partial charge in [0.1, 0.15) is 24.4 Å². The van der Waals surface area contributed by atoms with Crippen LogP contribution in [-0.2, 0) is 0 Å². The van der Waals surface area contributed by atoms with E-state index in [0.717, 1.165) is 0 Å². The molecule has 0 amide bonds. The first kappa shape index (κ1) is 11.1. The summed E-state index contributed by atoms with van der Waals surface area (Å²) in [5.74, 6) is 0.0136. The summed E-state index contributed by atoms with van der Waals surface area (Å²) in [7, 11) is 0. The lowest BCUT2D eigenvalue weighted by atomic mass is 10.0. The van der Waals surface area contributed by atoms with Gasteiger partial charge in [-0.3, -0.25) is 0 Å². The Balaban J connectivity index is 2.57. The summed E-state index contributed by atoms with van der Waals surface area (Å²) in [5.41, 5.74) is 5.22. The van der Waals surface area contributed by atoms with Crippen molar-refractivity contribution in [2.24, 2.45) is 15.7 Å². The largest absolute Gasteiger partial charge is 0.394 e. The molecule has 0 aromatic carbocycles. The molecular weight excluding hydrogens is 190 g/mol. The number of hydrogen-bond acceptors (Lipinski definition) is 7. The van der Waals surface area contributed by atoms with Crippen molar-refractivity contribution in [1.29, 1.82) is 0 Å². The predicted molar refractivity (Wildman–Crippen MR) is 49.0 cm³/mol. The number of aliphatic hydroxyl groups is 4. The molecule has 0 aliphatic carbocycles. The fraction of sp³-hybridized carbons (Fsp3) is 0.714. The third kappa shape index (κ3) is 2.26. The Hall–Kier alpha value is -1.02. The Morgan fingerprint density at radius 3 is 2.50 bits per heavy atom. The minimum absolute atomic E-state index is 0.0136. The minimum Gasteiger partial charge on any atom is -0.394 e. The summed E-state index contributed by atoms with van der Waals surface area (Å²) in [4.78, 5) is 7.29. The molecule has 1 heterocycles. The summed E-state index contributed by atoms with van der Waals surface area (Å²) >= 11 is 0. The van der Waals surface area contributed by atoms with E-state index in [1.54, 1.807) is 0 Å². The molecule has 1 aliphatic rings. The zero-order chi connectivity index (χ0) is 10.7. The molecule has 7 heteroatoms. The number of aliphatic hydroxyl groups excluding tert-OH is 4. The molecule has 0 saturated carbocycles. The molecule has 4 unspecified atom stereocenters. The van der Waals surface area contributed by atoms with Gasteiger partial charge in [-0.25, -0.2) is 9.98 Å². The lowest BCUT2D eigenvalue weighted by molar-refractivity contribution is -0.0767. The molecule has 0 aromatic rings. The summed E-state index contributed by atoms with van der Waals surface area (Å²) in [6, 6.07) is -0.772. The van der Waals surface area contributed by atoms with Gasteiger partial charge in [-0.15, -0.1) is 0 Å². The first-order valence-electron chi connectivity index (χ1n) is 4.08. The lowest BCUT2D eigenvalue weighted by Gasteiger charge is -2.22. The Kier molecular flexibility index (Phi) is 3.53. The van der Waals surface area contributed by atoms with E-state index in [1.165, 1.54) is 6.21 Å². The number of nitrogens with two attached hydrogens (primary N) is 1. The molecule has 80 valence electrons. The lowest BCUT2D eigenvalue weighted by Crippen LogP contribution is -2.45. The van der Waals surface area contributed by atoms with Crippen LogP contribution < -0.4 is 5.73 Å². The Morgan fingerprint density at radius 2 is 2.07 bits per heavy atom. The fourth-order valence-corrected chi connectivity index (χ4v) is 1.07. The van der Waals surface area contributed by atoms with E-state index in [2.05, 4.69) is 9.98 Å². The third-order valence-corrected chi connectivity index (χ3v) is 1.92. The summed E-state index contributed by atoms with van der Waals surface area (Å²) in [6.07, 6.45) is -2.95. The molecule has 7 nitrogen and oxygen atoms in total. The van der Waals surface area contributed by atoms with Crippen molar-refractivity contribution in [3.05, 3.63) is 0 Å². The van der Waals surface area contributed by atoms with Crippen LogP contribution in [0.3, 0.4) is 0 Å². The average Bonchev–Trinajstić information content (AvgIpc) is 2.61. The fourth-order valence-electron chi connectivity index (χ4n) is 1.07. The number of guanidine groups is 1. The monoisotopic (exact) mass is 203 g/mol. The predicted octanol–water partition coefficient (Wildman–Crippen LogP) is -3.17. The zero-order valence-corrected chi connectivity index (χ0v) is 7.35. The molecular formula is C7H13N3O4.